The van der Waals surface area contributed by atoms with Crippen LogP contribution < -0.4 is 5.73 Å². The zero-order chi connectivity index (χ0) is 23.8. The molecule has 9 nitrogen and oxygen atoms in total. The van der Waals surface area contributed by atoms with E-state index >= 15 is 0 Å². The quantitative estimate of drug-likeness (QED) is 0.595. The highest BCUT2D eigenvalue weighted by Gasteiger charge is 2.33. The first kappa shape index (κ1) is 22.8. The zero-order valence-corrected chi connectivity index (χ0v) is 17.9. The lowest BCUT2D eigenvalue weighted by Gasteiger charge is -2.28. The van der Waals surface area contributed by atoms with Crippen molar-refractivity contribution in [1.82, 2.24) is 25.1 Å². The van der Waals surface area contributed by atoms with Gasteiger partial charge in [0.25, 0.3) is 5.91 Å². The molecular weight excluding hydrogens is 441 g/mol. The van der Waals surface area contributed by atoms with Gasteiger partial charge in [-0.25, -0.2) is 9.97 Å². The Morgan fingerprint density at radius 3 is 2.70 bits per heavy atom. The van der Waals surface area contributed by atoms with Crippen molar-refractivity contribution in [3.8, 4) is 0 Å². The van der Waals surface area contributed by atoms with Crippen molar-refractivity contribution in [3.63, 3.8) is 0 Å². The van der Waals surface area contributed by atoms with E-state index in [9.17, 15) is 18.0 Å². The van der Waals surface area contributed by atoms with Crippen molar-refractivity contribution in [1.29, 1.82) is 0 Å². The molecule has 0 radical (unpaired) electrons. The van der Waals surface area contributed by atoms with Crippen LogP contribution in [0.4, 0.5) is 19.0 Å². The lowest BCUT2D eigenvalue weighted by Crippen LogP contribution is -2.41. The molecule has 1 amide bonds. The van der Waals surface area contributed by atoms with Crippen LogP contribution in [-0.4, -0.2) is 50.7 Å². The number of carbonyl (C=O) groups is 1. The highest BCUT2D eigenvalue weighted by atomic mass is 19.4. The number of anilines is 1. The largest absolute Gasteiger partial charge is 0.435 e. The molecule has 1 aliphatic heterocycles. The number of pyridine rings is 2. The van der Waals surface area contributed by atoms with Crippen LogP contribution in [0.1, 0.15) is 39.9 Å². The fourth-order valence-corrected chi connectivity index (χ4v) is 3.67. The summed E-state index contributed by atoms with van der Waals surface area (Å²) in [7, 11) is 1.49. The summed E-state index contributed by atoms with van der Waals surface area (Å²) in [6.07, 6.45) is -3.13. The maximum atomic E-state index is 13.4. The van der Waals surface area contributed by atoms with Crippen LogP contribution in [0.5, 0.6) is 0 Å². The minimum absolute atomic E-state index is 0.0740. The van der Waals surface area contributed by atoms with E-state index in [1.807, 2.05) is 0 Å². The van der Waals surface area contributed by atoms with Crippen LogP contribution in [0.3, 0.4) is 0 Å². The first-order valence-electron chi connectivity index (χ1n) is 10.0. The second kappa shape index (κ2) is 8.87. The third-order valence-electron chi connectivity index (χ3n) is 5.38. The van der Waals surface area contributed by atoms with E-state index in [1.165, 1.54) is 24.3 Å². The summed E-state index contributed by atoms with van der Waals surface area (Å²) < 4.78 is 49.0. The van der Waals surface area contributed by atoms with E-state index in [-0.39, 0.29) is 24.5 Å². The Morgan fingerprint density at radius 2 is 2.03 bits per heavy atom. The normalized spacial score (nSPS) is 14.3. The minimum Gasteiger partial charge on any atom is -0.383 e. The molecule has 3 aromatic rings. The van der Waals surface area contributed by atoms with Crippen molar-refractivity contribution >= 4 is 22.6 Å². The number of nitrogen functional groups attached to an aromatic ring is 1. The molecule has 174 valence electrons. The van der Waals surface area contributed by atoms with Crippen LogP contribution in [0.2, 0.25) is 0 Å². The van der Waals surface area contributed by atoms with Gasteiger partial charge < -0.3 is 20.1 Å². The number of hydrogen-bond donors (Lipinski definition) is 1. The highest BCUT2D eigenvalue weighted by Crippen LogP contribution is 2.31. The summed E-state index contributed by atoms with van der Waals surface area (Å²) in [5, 5.41) is 7.59. The standard InChI is InChI=1S/C21H21F3N6O3/c1-11(8-32-2)30(7-12-3-4-18(29-28-12)21(22,23)24)20(31)16-5-13-14-9-33-10-15(14)19(25)27-17(13)6-26-16/h3-6,11H,7-10H2,1-2H3,(H2,25,27)/t11-/m0/s1. The molecule has 0 saturated carbocycles. The molecule has 0 aliphatic carbocycles. The number of rotatable bonds is 6. The van der Waals surface area contributed by atoms with Crippen LogP contribution in [-0.2, 0) is 35.4 Å². The Kier molecular flexibility index (Phi) is 6.13. The molecule has 33 heavy (non-hydrogen) atoms. The molecular formula is C21H21F3N6O3. The van der Waals surface area contributed by atoms with Gasteiger partial charge in [0.05, 0.1) is 49.8 Å². The highest BCUT2D eigenvalue weighted by molar-refractivity contribution is 5.97. The van der Waals surface area contributed by atoms with Crippen LogP contribution in [0, 0.1) is 0 Å². The molecule has 3 aromatic heterocycles. The molecule has 1 aliphatic rings. The summed E-state index contributed by atoms with van der Waals surface area (Å²) in [5.41, 5.74) is 7.42. The Bertz CT molecular complexity index is 1190. The predicted octanol–water partition coefficient (Wildman–Crippen LogP) is 2.73. The minimum atomic E-state index is -4.60. The smallest absolute Gasteiger partial charge is 0.383 e. The Morgan fingerprint density at radius 1 is 1.27 bits per heavy atom. The first-order valence-corrected chi connectivity index (χ1v) is 10.0. The molecule has 0 bridgehead atoms. The number of methoxy groups -OCH3 is 1. The Labute approximate surface area is 186 Å². The van der Waals surface area contributed by atoms with Gasteiger partial charge in [0.2, 0.25) is 0 Å². The fraction of sp³-hybridized carbons (Fsp3) is 0.381. The summed E-state index contributed by atoms with van der Waals surface area (Å²) in [6, 6.07) is 3.24. The molecule has 0 spiro atoms. The van der Waals surface area contributed by atoms with Gasteiger partial charge in [-0.2, -0.15) is 18.3 Å². The van der Waals surface area contributed by atoms with E-state index in [2.05, 4.69) is 20.2 Å². The average molecular weight is 462 g/mol. The van der Waals surface area contributed by atoms with Gasteiger partial charge in [-0.15, -0.1) is 5.10 Å². The van der Waals surface area contributed by atoms with Gasteiger partial charge >= 0.3 is 6.18 Å². The third kappa shape index (κ3) is 4.57. The number of alkyl halides is 3. The molecule has 4 heterocycles. The fourth-order valence-electron chi connectivity index (χ4n) is 3.67. The lowest BCUT2D eigenvalue weighted by atomic mass is 10.1. The van der Waals surface area contributed by atoms with Crippen molar-refractivity contribution in [2.75, 3.05) is 19.5 Å². The number of nitrogens with zero attached hydrogens (tertiary/aromatic N) is 5. The van der Waals surface area contributed by atoms with Gasteiger partial charge in [-0.3, -0.25) is 4.79 Å². The molecule has 0 fully saturated rings. The van der Waals surface area contributed by atoms with E-state index in [4.69, 9.17) is 15.2 Å². The second-order valence-corrected chi connectivity index (χ2v) is 7.68. The number of hydrogen-bond acceptors (Lipinski definition) is 8. The van der Waals surface area contributed by atoms with Gasteiger partial charge in [0.1, 0.15) is 11.5 Å². The second-order valence-electron chi connectivity index (χ2n) is 7.68. The van der Waals surface area contributed by atoms with Crippen LogP contribution >= 0.6 is 0 Å². The van der Waals surface area contributed by atoms with Crippen molar-refractivity contribution in [3.05, 3.63) is 52.6 Å². The predicted molar refractivity (Wildman–Crippen MR) is 111 cm³/mol. The lowest BCUT2D eigenvalue weighted by molar-refractivity contribution is -0.141. The van der Waals surface area contributed by atoms with E-state index in [1.54, 1.807) is 13.0 Å². The first-order chi connectivity index (χ1) is 15.7. The number of fused-ring (bicyclic) bond motifs is 3. The number of carbonyl (C=O) groups excluding carboxylic acids is 1. The maximum Gasteiger partial charge on any atom is 0.435 e. The van der Waals surface area contributed by atoms with Crippen LogP contribution in [0.25, 0.3) is 10.9 Å². The van der Waals surface area contributed by atoms with Crippen molar-refractivity contribution in [2.45, 2.75) is 38.9 Å². The average Bonchev–Trinajstić information content (AvgIpc) is 3.28. The topological polar surface area (TPSA) is 116 Å². The zero-order valence-electron chi connectivity index (χ0n) is 17.9. The number of ether oxygens (including phenoxy) is 2. The molecule has 0 aromatic carbocycles. The molecule has 12 heteroatoms. The van der Waals surface area contributed by atoms with Crippen molar-refractivity contribution < 1.29 is 27.4 Å². The van der Waals surface area contributed by atoms with Crippen LogP contribution in [0.15, 0.2) is 24.4 Å². The SMILES string of the molecule is COC[C@H](C)N(Cc1ccc(C(F)(F)F)nn1)C(=O)c1cc2c3c(c(N)nc2cn1)COC3. The number of halogens is 3. The number of nitrogens with two attached hydrogens (primary N) is 1. The summed E-state index contributed by atoms with van der Waals surface area (Å²) in [6.45, 7) is 2.58. The van der Waals surface area contributed by atoms with E-state index in [0.717, 1.165) is 17.2 Å². The summed E-state index contributed by atoms with van der Waals surface area (Å²) >= 11 is 0. The van der Waals surface area contributed by atoms with E-state index in [0.29, 0.717) is 29.9 Å². The molecule has 2 N–H and O–H groups in total. The molecule has 0 unspecified atom stereocenters. The monoisotopic (exact) mass is 462 g/mol. The number of amides is 1. The molecule has 4 rings (SSSR count). The van der Waals surface area contributed by atoms with Gasteiger partial charge in [-0.1, -0.05) is 0 Å². The molecule has 1 atom stereocenters. The van der Waals surface area contributed by atoms with Gasteiger partial charge in [0, 0.05) is 18.1 Å². The van der Waals surface area contributed by atoms with E-state index < -0.39 is 23.8 Å². The maximum absolute atomic E-state index is 13.4. The summed E-state index contributed by atoms with van der Waals surface area (Å²) in [5.74, 6) is -0.0697. The molecule has 0 saturated heterocycles. The number of aromatic nitrogens is 4. The van der Waals surface area contributed by atoms with Crippen molar-refractivity contribution in [2.24, 2.45) is 0 Å². The Balaban J connectivity index is 1.67. The van der Waals surface area contributed by atoms with Gasteiger partial charge in [-0.05, 0) is 30.7 Å². The third-order valence-corrected chi connectivity index (χ3v) is 5.38. The summed E-state index contributed by atoms with van der Waals surface area (Å²) in [4.78, 5) is 23.4. The van der Waals surface area contributed by atoms with Gasteiger partial charge in [0.15, 0.2) is 5.69 Å². The Hall–Kier alpha value is -3.38.